The number of hydrogen-bond donors (Lipinski definition) is 2. The number of aryl methyl sites for hydroxylation is 1. The summed E-state index contributed by atoms with van der Waals surface area (Å²) in [6, 6.07) is 7.87. The van der Waals surface area contributed by atoms with Crippen molar-refractivity contribution in [3.63, 3.8) is 0 Å². The van der Waals surface area contributed by atoms with Crippen molar-refractivity contribution in [2.45, 2.75) is 46.3 Å². The maximum Gasteiger partial charge on any atom is 0.412 e. The van der Waals surface area contributed by atoms with E-state index < -0.39 is 11.7 Å². The summed E-state index contributed by atoms with van der Waals surface area (Å²) >= 11 is 0. The zero-order chi connectivity index (χ0) is 30.3. The summed E-state index contributed by atoms with van der Waals surface area (Å²) in [5, 5.41) is 20.0. The van der Waals surface area contributed by atoms with Gasteiger partial charge in [0.1, 0.15) is 11.7 Å². The smallest absolute Gasteiger partial charge is 0.412 e. The van der Waals surface area contributed by atoms with Gasteiger partial charge in [-0.25, -0.2) is 14.8 Å². The number of amides is 1. The van der Waals surface area contributed by atoms with Crippen LogP contribution in [0.5, 0.6) is 0 Å². The second-order valence-electron chi connectivity index (χ2n) is 10.8. The summed E-state index contributed by atoms with van der Waals surface area (Å²) in [5.41, 5.74) is 2.61. The highest BCUT2D eigenvalue weighted by Gasteiger charge is 2.21. The number of esters is 1. The Bertz CT molecular complexity index is 1450. The van der Waals surface area contributed by atoms with Crippen LogP contribution in [0.3, 0.4) is 0 Å². The molecule has 13 heteroatoms. The van der Waals surface area contributed by atoms with Crippen LogP contribution in [0.4, 0.5) is 27.8 Å². The van der Waals surface area contributed by atoms with Crippen LogP contribution in [0.2, 0.25) is 0 Å². The van der Waals surface area contributed by atoms with Gasteiger partial charge in [0, 0.05) is 43.6 Å². The molecule has 0 spiro atoms. The van der Waals surface area contributed by atoms with E-state index in [1.807, 2.05) is 18.2 Å². The predicted octanol–water partition coefficient (Wildman–Crippen LogP) is 4.01. The van der Waals surface area contributed by atoms with Crippen molar-refractivity contribution < 1.29 is 19.1 Å². The van der Waals surface area contributed by atoms with Crippen molar-refractivity contribution in [3.8, 4) is 17.3 Å². The number of nitrogens with zero attached hydrogens (tertiary/aromatic N) is 7. The molecule has 2 aromatic heterocycles. The standard InChI is InChI=1S/C29H37N9O4/c1-6-36-11-13-37(14-12-36)22-7-8-23(24(15-22)34-28(40)42-29(2,3)4)33-27-31-17-20(16-30)26(35-27)21-18-32-38(19-21)10-9-25(39)41-5/h7-8,15,17-19H,6,9-14H2,1-5H3,(H,34,40)(H,31,33,35). The molecule has 3 aromatic rings. The van der Waals surface area contributed by atoms with Gasteiger partial charge in [-0.15, -0.1) is 0 Å². The molecule has 2 N–H and O–H groups in total. The first kappa shape index (κ1) is 30.3. The van der Waals surface area contributed by atoms with E-state index in [0.717, 1.165) is 38.4 Å². The van der Waals surface area contributed by atoms with Gasteiger partial charge in [-0.2, -0.15) is 10.4 Å². The van der Waals surface area contributed by atoms with Crippen molar-refractivity contribution >= 4 is 35.1 Å². The molecule has 13 nitrogen and oxygen atoms in total. The number of ether oxygens (including phenoxy) is 2. The summed E-state index contributed by atoms with van der Waals surface area (Å²) in [4.78, 5) is 37.9. The Hall–Kier alpha value is -4.70. The number of rotatable bonds is 9. The number of likely N-dealkylation sites (N-methyl/N-ethyl adjacent to an activating group) is 1. The summed E-state index contributed by atoms with van der Waals surface area (Å²) < 4.78 is 11.8. The maximum atomic E-state index is 12.8. The average Bonchev–Trinajstić information content (AvgIpc) is 3.45. The highest BCUT2D eigenvalue weighted by Crippen LogP contribution is 2.32. The minimum Gasteiger partial charge on any atom is -0.469 e. The molecule has 1 amide bonds. The van der Waals surface area contributed by atoms with E-state index in [0.29, 0.717) is 29.2 Å². The second-order valence-corrected chi connectivity index (χ2v) is 10.8. The van der Waals surface area contributed by atoms with Gasteiger partial charge in [-0.3, -0.25) is 14.8 Å². The van der Waals surface area contributed by atoms with Crippen LogP contribution >= 0.6 is 0 Å². The molecular formula is C29H37N9O4. The van der Waals surface area contributed by atoms with Crippen molar-refractivity contribution in [1.29, 1.82) is 5.26 Å². The zero-order valence-corrected chi connectivity index (χ0v) is 24.7. The molecule has 0 radical (unpaired) electrons. The van der Waals surface area contributed by atoms with Gasteiger partial charge < -0.3 is 24.6 Å². The van der Waals surface area contributed by atoms with Gasteiger partial charge in [-0.1, -0.05) is 6.92 Å². The minimum absolute atomic E-state index is 0.164. The molecule has 1 aliphatic rings. The van der Waals surface area contributed by atoms with Gasteiger partial charge in [0.05, 0.1) is 55.1 Å². The fourth-order valence-corrected chi connectivity index (χ4v) is 4.46. The molecule has 1 aromatic carbocycles. The van der Waals surface area contributed by atoms with Crippen LogP contribution in [0.15, 0.2) is 36.8 Å². The van der Waals surface area contributed by atoms with E-state index in [1.54, 1.807) is 37.8 Å². The van der Waals surface area contributed by atoms with E-state index in [2.05, 4.69) is 53.2 Å². The van der Waals surface area contributed by atoms with E-state index >= 15 is 0 Å². The van der Waals surface area contributed by atoms with E-state index in [4.69, 9.17) is 4.74 Å². The van der Waals surface area contributed by atoms with Crippen molar-refractivity contribution in [1.82, 2.24) is 24.6 Å². The Morgan fingerprint density at radius 1 is 1.12 bits per heavy atom. The molecule has 3 heterocycles. The van der Waals surface area contributed by atoms with Gasteiger partial charge in [0.15, 0.2) is 0 Å². The molecule has 0 bridgehead atoms. The summed E-state index contributed by atoms with van der Waals surface area (Å²) in [7, 11) is 1.33. The fourth-order valence-electron chi connectivity index (χ4n) is 4.46. The number of carbonyl (C=O) groups is 2. The Morgan fingerprint density at radius 3 is 2.55 bits per heavy atom. The number of anilines is 4. The molecular weight excluding hydrogens is 538 g/mol. The molecule has 1 fully saturated rings. The largest absolute Gasteiger partial charge is 0.469 e. The van der Waals surface area contributed by atoms with Crippen LogP contribution < -0.4 is 15.5 Å². The number of benzene rings is 1. The average molecular weight is 576 g/mol. The van der Waals surface area contributed by atoms with Crippen LogP contribution in [0, 0.1) is 11.3 Å². The number of piperazine rings is 1. The topological polar surface area (TPSA) is 151 Å². The highest BCUT2D eigenvalue weighted by molar-refractivity contribution is 5.92. The van der Waals surface area contributed by atoms with Crippen LogP contribution in [0.25, 0.3) is 11.3 Å². The lowest BCUT2D eigenvalue weighted by Crippen LogP contribution is -2.46. The first-order valence-electron chi connectivity index (χ1n) is 13.8. The van der Waals surface area contributed by atoms with Crippen molar-refractivity contribution in [2.75, 3.05) is 55.4 Å². The molecule has 0 aliphatic carbocycles. The second kappa shape index (κ2) is 13.3. The highest BCUT2D eigenvalue weighted by atomic mass is 16.6. The van der Waals surface area contributed by atoms with E-state index in [9.17, 15) is 14.9 Å². The Kier molecular flexibility index (Phi) is 9.59. The van der Waals surface area contributed by atoms with E-state index in [-0.39, 0.29) is 23.9 Å². The first-order chi connectivity index (χ1) is 20.1. The number of nitriles is 1. The zero-order valence-electron chi connectivity index (χ0n) is 24.7. The third-order valence-corrected chi connectivity index (χ3v) is 6.66. The monoisotopic (exact) mass is 575 g/mol. The lowest BCUT2D eigenvalue weighted by molar-refractivity contribution is -0.140. The molecule has 0 unspecified atom stereocenters. The quantitative estimate of drug-likeness (QED) is 0.356. The molecule has 1 saturated heterocycles. The first-order valence-corrected chi connectivity index (χ1v) is 13.8. The van der Waals surface area contributed by atoms with Crippen LogP contribution in [-0.4, -0.2) is 82.1 Å². The van der Waals surface area contributed by atoms with Gasteiger partial charge in [-0.05, 0) is 45.5 Å². The minimum atomic E-state index is -0.668. The normalized spacial score (nSPS) is 13.8. The SMILES string of the molecule is CCN1CCN(c2ccc(Nc3ncc(C#N)c(-c4cnn(CCC(=O)OC)c4)n3)c(NC(=O)OC(C)(C)C)c2)CC1. The summed E-state index contributed by atoms with van der Waals surface area (Å²) in [6.45, 7) is 12.6. The Balaban J connectivity index is 1.61. The number of aromatic nitrogens is 4. The third-order valence-electron chi connectivity index (χ3n) is 6.66. The molecule has 1 aliphatic heterocycles. The summed E-state index contributed by atoms with van der Waals surface area (Å²) in [5.74, 6) is -0.119. The molecule has 0 saturated carbocycles. The van der Waals surface area contributed by atoms with Crippen LogP contribution in [0.1, 0.15) is 39.7 Å². The molecule has 222 valence electrons. The van der Waals surface area contributed by atoms with Gasteiger partial charge >= 0.3 is 12.1 Å². The lowest BCUT2D eigenvalue weighted by Gasteiger charge is -2.35. The number of carbonyl (C=O) groups excluding carboxylic acids is 2. The van der Waals surface area contributed by atoms with Gasteiger partial charge in [0.25, 0.3) is 0 Å². The lowest BCUT2D eigenvalue weighted by atomic mass is 10.1. The van der Waals surface area contributed by atoms with Gasteiger partial charge in [0.2, 0.25) is 5.95 Å². The third kappa shape index (κ3) is 7.94. The maximum absolute atomic E-state index is 12.8. The number of methoxy groups -OCH3 is 1. The summed E-state index contributed by atoms with van der Waals surface area (Å²) in [6.07, 6.45) is 4.29. The molecule has 0 atom stereocenters. The Labute approximate surface area is 245 Å². The number of hydrogen-bond acceptors (Lipinski definition) is 11. The number of nitrogens with one attached hydrogen (secondary N) is 2. The Morgan fingerprint density at radius 2 is 1.88 bits per heavy atom. The fraction of sp³-hybridized carbons (Fsp3) is 0.448. The molecule has 42 heavy (non-hydrogen) atoms. The predicted molar refractivity (Wildman–Crippen MR) is 159 cm³/mol. The van der Waals surface area contributed by atoms with E-state index in [1.165, 1.54) is 13.3 Å². The van der Waals surface area contributed by atoms with Crippen molar-refractivity contribution in [3.05, 3.63) is 42.4 Å². The molecule has 4 rings (SSSR count). The van der Waals surface area contributed by atoms with Crippen molar-refractivity contribution in [2.24, 2.45) is 0 Å². The van der Waals surface area contributed by atoms with Crippen LogP contribution in [-0.2, 0) is 20.8 Å².